The van der Waals surface area contributed by atoms with Gasteiger partial charge in [-0.1, -0.05) is 54.1 Å². The molecule has 0 bridgehead atoms. The van der Waals surface area contributed by atoms with Crippen LogP contribution in [-0.2, 0) is 16.1 Å². The summed E-state index contributed by atoms with van der Waals surface area (Å²) in [6, 6.07) is 17.1. The van der Waals surface area contributed by atoms with Crippen LogP contribution in [0, 0.1) is 5.92 Å². The average Bonchev–Trinajstić information content (AvgIpc) is 2.96. The summed E-state index contributed by atoms with van der Waals surface area (Å²) in [5.74, 6) is -0.367. The monoisotopic (exact) mass is 356 g/mol. The van der Waals surface area contributed by atoms with Crippen LogP contribution in [0.4, 0.5) is 0 Å². The summed E-state index contributed by atoms with van der Waals surface area (Å²) in [6.45, 7) is 2.93. The molecule has 0 saturated carbocycles. The van der Waals surface area contributed by atoms with Gasteiger partial charge < -0.3 is 10.2 Å². The Morgan fingerprint density at radius 3 is 2.72 bits per heavy atom. The normalized spacial score (nSPS) is 18.2. The minimum Gasteiger partial charge on any atom is -0.349 e. The zero-order valence-corrected chi connectivity index (χ0v) is 14.9. The van der Waals surface area contributed by atoms with Gasteiger partial charge in [0.15, 0.2) is 0 Å². The van der Waals surface area contributed by atoms with Crippen LogP contribution in [0.3, 0.4) is 0 Å². The van der Waals surface area contributed by atoms with Crippen molar-refractivity contribution >= 4 is 23.4 Å². The summed E-state index contributed by atoms with van der Waals surface area (Å²) in [4.78, 5) is 26.5. The third-order valence-corrected chi connectivity index (χ3v) is 4.74. The highest BCUT2D eigenvalue weighted by Gasteiger charge is 2.34. The van der Waals surface area contributed by atoms with Crippen LogP contribution in [0.25, 0.3) is 0 Å². The van der Waals surface area contributed by atoms with Gasteiger partial charge in [-0.25, -0.2) is 0 Å². The van der Waals surface area contributed by atoms with Gasteiger partial charge in [0.1, 0.15) is 0 Å². The Kier molecular flexibility index (Phi) is 5.39. The van der Waals surface area contributed by atoms with E-state index in [1.807, 2.05) is 55.5 Å². The summed E-state index contributed by atoms with van der Waals surface area (Å²) in [5.41, 5.74) is 2.02. The van der Waals surface area contributed by atoms with Gasteiger partial charge in [-0.2, -0.15) is 0 Å². The summed E-state index contributed by atoms with van der Waals surface area (Å²) in [7, 11) is 0. The molecule has 1 aliphatic rings. The topological polar surface area (TPSA) is 49.4 Å². The Hall–Kier alpha value is -2.33. The number of halogens is 1. The summed E-state index contributed by atoms with van der Waals surface area (Å²) < 4.78 is 0. The second kappa shape index (κ2) is 7.70. The van der Waals surface area contributed by atoms with Crippen molar-refractivity contribution < 1.29 is 9.59 Å². The predicted molar refractivity (Wildman–Crippen MR) is 98.0 cm³/mol. The van der Waals surface area contributed by atoms with Gasteiger partial charge in [0.2, 0.25) is 11.8 Å². The van der Waals surface area contributed by atoms with Crippen LogP contribution >= 0.6 is 11.6 Å². The minimum absolute atomic E-state index is 0.0272. The molecule has 0 radical (unpaired) electrons. The Bertz CT molecular complexity index is 763. The maximum Gasteiger partial charge on any atom is 0.225 e. The second-order valence-electron chi connectivity index (χ2n) is 6.45. The first-order chi connectivity index (χ1) is 12.0. The molecule has 1 saturated heterocycles. The number of amides is 2. The van der Waals surface area contributed by atoms with Crippen molar-refractivity contribution in [1.29, 1.82) is 0 Å². The van der Waals surface area contributed by atoms with E-state index in [1.165, 1.54) is 0 Å². The van der Waals surface area contributed by atoms with Crippen LogP contribution in [0.5, 0.6) is 0 Å². The number of carbonyl (C=O) groups is 2. The molecule has 130 valence electrons. The fourth-order valence-corrected chi connectivity index (χ4v) is 3.29. The fourth-order valence-electron chi connectivity index (χ4n) is 3.09. The summed E-state index contributed by atoms with van der Waals surface area (Å²) in [6.07, 6.45) is 0.265. The zero-order valence-electron chi connectivity index (χ0n) is 14.1. The zero-order chi connectivity index (χ0) is 17.8. The van der Waals surface area contributed by atoms with Crippen molar-refractivity contribution in [3.63, 3.8) is 0 Å². The average molecular weight is 357 g/mol. The van der Waals surface area contributed by atoms with Crippen LogP contribution < -0.4 is 5.32 Å². The van der Waals surface area contributed by atoms with Gasteiger partial charge in [-0.05, 0) is 30.2 Å². The van der Waals surface area contributed by atoms with Gasteiger partial charge in [-0.15, -0.1) is 0 Å². The summed E-state index contributed by atoms with van der Waals surface area (Å²) in [5, 5.41) is 3.64. The van der Waals surface area contributed by atoms with Crippen molar-refractivity contribution in [2.24, 2.45) is 5.92 Å². The molecule has 2 amide bonds. The molecule has 2 aromatic carbocycles. The molecular weight excluding hydrogens is 336 g/mol. The SMILES string of the molecule is CC(NC(=O)C1CC(=O)N(Cc2ccccc2)C1)c1cccc(Cl)c1. The largest absolute Gasteiger partial charge is 0.349 e. The standard InChI is InChI=1S/C20H21ClN2O2/c1-14(16-8-5-9-18(21)10-16)22-20(25)17-11-19(24)23(13-17)12-15-6-3-2-4-7-15/h2-10,14,17H,11-13H2,1H3,(H,22,25). The molecule has 5 heteroatoms. The van der Waals surface area contributed by atoms with Gasteiger partial charge in [0.05, 0.1) is 12.0 Å². The summed E-state index contributed by atoms with van der Waals surface area (Å²) >= 11 is 6.00. The molecule has 1 N–H and O–H groups in total. The Morgan fingerprint density at radius 2 is 2.00 bits per heavy atom. The lowest BCUT2D eigenvalue weighted by Crippen LogP contribution is -2.34. The number of rotatable bonds is 5. The molecule has 2 aromatic rings. The van der Waals surface area contributed by atoms with Gasteiger partial charge in [0.25, 0.3) is 0 Å². The van der Waals surface area contributed by atoms with Gasteiger partial charge in [-0.3, -0.25) is 9.59 Å². The number of benzene rings is 2. The molecular formula is C20H21ClN2O2. The quantitative estimate of drug-likeness (QED) is 0.890. The van der Waals surface area contributed by atoms with Crippen LogP contribution in [0.15, 0.2) is 54.6 Å². The molecule has 2 atom stereocenters. The van der Waals surface area contributed by atoms with Crippen LogP contribution in [0.1, 0.15) is 30.5 Å². The first-order valence-corrected chi connectivity index (χ1v) is 8.78. The van der Waals surface area contributed by atoms with E-state index >= 15 is 0 Å². The molecule has 1 fully saturated rings. The first kappa shape index (κ1) is 17.5. The molecule has 3 rings (SSSR count). The highest BCUT2D eigenvalue weighted by atomic mass is 35.5. The highest BCUT2D eigenvalue weighted by Crippen LogP contribution is 2.22. The van der Waals surface area contributed by atoms with Crippen LogP contribution in [-0.4, -0.2) is 23.3 Å². The number of carbonyl (C=O) groups excluding carboxylic acids is 2. The Labute approximate surface area is 152 Å². The lowest BCUT2D eigenvalue weighted by Gasteiger charge is -2.19. The van der Waals surface area contributed by atoms with E-state index in [0.717, 1.165) is 11.1 Å². The Balaban J connectivity index is 1.59. The number of hydrogen-bond acceptors (Lipinski definition) is 2. The lowest BCUT2D eigenvalue weighted by atomic mass is 10.1. The second-order valence-corrected chi connectivity index (χ2v) is 6.88. The molecule has 0 aromatic heterocycles. The van der Waals surface area contributed by atoms with Crippen LogP contribution in [0.2, 0.25) is 5.02 Å². The first-order valence-electron chi connectivity index (χ1n) is 8.40. The Morgan fingerprint density at radius 1 is 1.24 bits per heavy atom. The lowest BCUT2D eigenvalue weighted by molar-refractivity contribution is -0.129. The maximum absolute atomic E-state index is 12.5. The fraction of sp³-hybridized carbons (Fsp3) is 0.300. The van der Waals surface area contributed by atoms with Crippen molar-refractivity contribution in [3.05, 3.63) is 70.7 Å². The van der Waals surface area contributed by atoms with E-state index in [1.54, 1.807) is 11.0 Å². The van der Waals surface area contributed by atoms with Gasteiger partial charge in [0, 0.05) is 24.5 Å². The van der Waals surface area contributed by atoms with Gasteiger partial charge >= 0.3 is 0 Å². The molecule has 0 aliphatic carbocycles. The molecule has 1 heterocycles. The molecule has 2 unspecified atom stereocenters. The van der Waals surface area contributed by atoms with E-state index < -0.39 is 0 Å². The highest BCUT2D eigenvalue weighted by molar-refractivity contribution is 6.30. The van der Waals surface area contributed by atoms with E-state index in [0.29, 0.717) is 18.1 Å². The number of nitrogens with one attached hydrogen (secondary N) is 1. The van der Waals surface area contributed by atoms with Crippen molar-refractivity contribution in [1.82, 2.24) is 10.2 Å². The minimum atomic E-state index is -0.308. The predicted octanol–water partition coefficient (Wildman–Crippen LogP) is 3.57. The third-order valence-electron chi connectivity index (χ3n) is 4.51. The van der Waals surface area contributed by atoms with Crippen molar-refractivity contribution in [2.75, 3.05) is 6.54 Å². The van der Waals surface area contributed by atoms with E-state index in [2.05, 4.69) is 5.32 Å². The number of hydrogen-bond donors (Lipinski definition) is 1. The molecule has 1 aliphatic heterocycles. The number of nitrogens with zero attached hydrogens (tertiary/aromatic N) is 1. The molecule has 0 spiro atoms. The number of likely N-dealkylation sites (tertiary alicyclic amines) is 1. The van der Waals surface area contributed by atoms with E-state index in [-0.39, 0.29) is 30.2 Å². The maximum atomic E-state index is 12.5. The van der Waals surface area contributed by atoms with Crippen molar-refractivity contribution in [3.8, 4) is 0 Å². The molecule has 4 nitrogen and oxygen atoms in total. The van der Waals surface area contributed by atoms with E-state index in [4.69, 9.17) is 11.6 Å². The van der Waals surface area contributed by atoms with E-state index in [9.17, 15) is 9.59 Å². The van der Waals surface area contributed by atoms with Crippen molar-refractivity contribution in [2.45, 2.75) is 25.9 Å². The smallest absolute Gasteiger partial charge is 0.225 e. The molecule has 25 heavy (non-hydrogen) atoms. The third kappa shape index (κ3) is 4.40.